The summed E-state index contributed by atoms with van der Waals surface area (Å²) < 4.78 is 33.3. The van der Waals surface area contributed by atoms with Crippen LogP contribution in [0.1, 0.15) is 62.8 Å². The van der Waals surface area contributed by atoms with E-state index in [0.29, 0.717) is 40.2 Å². The van der Waals surface area contributed by atoms with Gasteiger partial charge in [0.1, 0.15) is 10.3 Å². The van der Waals surface area contributed by atoms with Gasteiger partial charge in [-0.05, 0) is 54.9 Å². The van der Waals surface area contributed by atoms with Crippen LogP contribution >= 0.6 is 11.3 Å². The maximum atomic E-state index is 13.6. The molecule has 3 aromatic rings. The first kappa shape index (κ1) is 28.4. The summed E-state index contributed by atoms with van der Waals surface area (Å²) in [7, 11) is -2.32. The lowest BCUT2D eigenvalue weighted by Crippen LogP contribution is -2.34. The Hall–Kier alpha value is -3.09. The van der Waals surface area contributed by atoms with Crippen LogP contribution in [0.3, 0.4) is 0 Å². The summed E-state index contributed by atoms with van der Waals surface area (Å²) in [6.07, 6.45) is 6.76. The zero-order valence-corrected chi connectivity index (χ0v) is 24.0. The molecule has 1 unspecified atom stereocenters. The summed E-state index contributed by atoms with van der Waals surface area (Å²) in [5, 5.41) is 12.5. The number of nitrogens with zero attached hydrogens (tertiary/aromatic N) is 3. The fourth-order valence-electron chi connectivity index (χ4n) is 5.27. The van der Waals surface area contributed by atoms with E-state index < -0.39 is 21.9 Å². The number of carbonyl (C=O) groups excluding carboxylic acids is 1. The number of hydrogen-bond acceptors (Lipinski definition) is 8. The summed E-state index contributed by atoms with van der Waals surface area (Å²) in [6.45, 7) is 0.262. The van der Waals surface area contributed by atoms with Crippen molar-refractivity contribution in [2.45, 2.75) is 62.2 Å². The van der Waals surface area contributed by atoms with Crippen LogP contribution in [-0.4, -0.2) is 59.9 Å². The molecule has 2 heterocycles. The second kappa shape index (κ2) is 12.2. The zero-order chi connectivity index (χ0) is 28.3. The number of sulfonamides is 1. The maximum absolute atomic E-state index is 13.6. The Labute approximate surface area is 237 Å². The van der Waals surface area contributed by atoms with Crippen molar-refractivity contribution in [3.8, 4) is 5.88 Å². The molecule has 2 saturated carbocycles. The van der Waals surface area contributed by atoms with E-state index in [9.17, 15) is 18.0 Å². The summed E-state index contributed by atoms with van der Waals surface area (Å²) in [6, 6.07) is 10.0. The van der Waals surface area contributed by atoms with Crippen LogP contribution in [0.15, 0.2) is 41.3 Å². The van der Waals surface area contributed by atoms with Crippen LogP contribution in [0.2, 0.25) is 0 Å². The Morgan fingerprint density at radius 1 is 1.07 bits per heavy atom. The molecule has 1 amide bonds. The molecule has 5 rings (SSSR count). The molecule has 2 aliphatic rings. The van der Waals surface area contributed by atoms with Crippen molar-refractivity contribution in [3.05, 3.63) is 42.0 Å². The minimum atomic E-state index is -3.86. The maximum Gasteiger partial charge on any atom is 0.304 e. The molecule has 0 radical (unpaired) electrons. The van der Waals surface area contributed by atoms with Gasteiger partial charge in [-0.1, -0.05) is 49.2 Å². The number of ether oxygens (including phenoxy) is 1. The molecule has 2 aromatic heterocycles. The number of thiazole rings is 1. The molecular weight excluding hydrogens is 552 g/mol. The molecule has 10 nitrogen and oxygen atoms in total. The van der Waals surface area contributed by atoms with Crippen molar-refractivity contribution >= 4 is 48.7 Å². The number of fused-ring (bicyclic) bond motifs is 1. The van der Waals surface area contributed by atoms with Crippen molar-refractivity contribution in [2.24, 2.45) is 11.8 Å². The number of anilines is 1. The van der Waals surface area contributed by atoms with E-state index in [1.807, 2.05) is 0 Å². The van der Waals surface area contributed by atoms with Crippen molar-refractivity contribution in [1.82, 2.24) is 14.3 Å². The van der Waals surface area contributed by atoms with Gasteiger partial charge < -0.3 is 15.2 Å². The Kier molecular flexibility index (Phi) is 8.67. The van der Waals surface area contributed by atoms with E-state index in [1.54, 1.807) is 31.4 Å². The lowest BCUT2D eigenvalue weighted by Gasteiger charge is -2.23. The normalized spacial score (nSPS) is 16.9. The van der Waals surface area contributed by atoms with Gasteiger partial charge in [0.15, 0.2) is 5.13 Å². The Balaban J connectivity index is 1.36. The second-order valence-corrected chi connectivity index (χ2v) is 13.6. The summed E-state index contributed by atoms with van der Waals surface area (Å²) >= 11 is 1.28. The van der Waals surface area contributed by atoms with E-state index in [4.69, 9.17) is 9.84 Å². The molecule has 2 fully saturated rings. The van der Waals surface area contributed by atoms with Crippen LogP contribution in [0, 0.1) is 11.8 Å². The number of methoxy groups -OCH3 is 1. The predicted molar refractivity (Wildman–Crippen MR) is 152 cm³/mol. The zero-order valence-electron chi connectivity index (χ0n) is 22.4. The van der Waals surface area contributed by atoms with Crippen LogP contribution in [-0.2, 0) is 19.6 Å². The Morgan fingerprint density at radius 3 is 2.45 bits per heavy atom. The Morgan fingerprint density at radius 2 is 1.80 bits per heavy atom. The molecule has 12 heteroatoms. The molecule has 2 aliphatic carbocycles. The molecule has 0 aliphatic heterocycles. The SMILES string of the molecule is COc1ccc2nc(NC(=O)C(CC3CCCC3)c3ccc(S(=O)(=O)N(CCC(=O)O)CC4CC4)cc3)sc2n1. The van der Waals surface area contributed by atoms with E-state index >= 15 is 0 Å². The number of aromatic nitrogens is 2. The average Bonchev–Trinajstić information content (AvgIpc) is 3.43. The van der Waals surface area contributed by atoms with E-state index in [1.165, 1.54) is 27.8 Å². The van der Waals surface area contributed by atoms with Gasteiger partial charge in [0.25, 0.3) is 0 Å². The minimum Gasteiger partial charge on any atom is -0.481 e. The van der Waals surface area contributed by atoms with Crippen LogP contribution in [0.4, 0.5) is 5.13 Å². The highest BCUT2D eigenvalue weighted by Crippen LogP contribution is 2.36. The van der Waals surface area contributed by atoms with Gasteiger partial charge in [-0.2, -0.15) is 4.31 Å². The highest BCUT2D eigenvalue weighted by molar-refractivity contribution is 7.89. The fourth-order valence-corrected chi connectivity index (χ4v) is 7.62. The largest absolute Gasteiger partial charge is 0.481 e. The van der Waals surface area contributed by atoms with Gasteiger partial charge in [-0.3, -0.25) is 9.59 Å². The van der Waals surface area contributed by atoms with Crippen molar-refractivity contribution < 1.29 is 27.9 Å². The van der Waals surface area contributed by atoms with E-state index in [-0.39, 0.29) is 29.7 Å². The third-order valence-corrected chi connectivity index (χ3v) is 10.4. The van der Waals surface area contributed by atoms with Gasteiger partial charge in [0.05, 0.1) is 24.3 Å². The molecular formula is C28H34N4O6S2. The molecule has 40 heavy (non-hydrogen) atoms. The molecule has 0 spiro atoms. The van der Waals surface area contributed by atoms with Crippen molar-refractivity contribution in [3.63, 3.8) is 0 Å². The molecule has 214 valence electrons. The highest BCUT2D eigenvalue weighted by Gasteiger charge is 2.33. The summed E-state index contributed by atoms with van der Waals surface area (Å²) in [5.41, 5.74) is 1.41. The van der Waals surface area contributed by atoms with Crippen LogP contribution in [0.25, 0.3) is 10.3 Å². The third kappa shape index (κ3) is 6.79. The first-order valence-electron chi connectivity index (χ1n) is 13.7. The smallest absolute Gasteiger partial charge is 0.304 e. The number of benzene rings is 1. The number of amides is 1. The quantitative estimate of drug-likeness (QED) is 0.289. The van der Waals surface area contributed by atoms with E-state index in [2.05, 4.69) is 15.3 Å². The van der Waals surface area contributed by atoms with Crippen LogP contribution in [0.5, 0.6) is 5.88 Å². The number of aliphatic carboxylic acids is 1. The second-order valence-electron chi connectivity index (χ2n) is 10.6. The molecule has 0 bridgehead atoms. The lowest BCUT2D eigenvalue weighted by atomic mass is 9.87. The topological polar surface area (TPSA) is 139 Å². The number of carbonyl (C=O) groups is 2. The Bertz CT molecular complexity index is 1460. The number of carboxylic acid groups (broad SMARTS) is 1. The highest BCUT2D eigenvalue weighted by atomic mass is 32.2. The number of nitrogens with one attached hydrogen (secondary N) is 1. The first-order valence-corrected chi connectivity index (χ1v) is 15.9. The van der Waals surface area contributed by atoms with Crippen molar-refractivity contribution in [2.75, 3.05) is 25.5 Å². The summed E-state index contributed by atoms with van der Waals surface area (Å²) in [4.78, 5) is 34.4. The third-order valence-electron chi connectivity index (χ3n) is 7.68. The number of hydrogen-bond donors (Lipinski definition) is 2. The number of rotatable bonds is 13. The lowest BCUT2D eigenvalue weighted by molar-refractivity contribution is -0.137. The predicted octanol–water partition coefficient (Wildman–Crippen LogP) is 4.88. The van der Waals surface area contributed by atoms with E-state index in [0.717, 1.165) is 44.1 Å². The van der Waals surface area contributed by atoms with Gasteiger partial charge in [0.2, 0.25) is 21.8 Å². The standard InChI is InChI=1S/C28H34N4O6S2/c1-38-24-13-12-23-27(30-24)39-28(29-23)31-26(35)22(16-18-4-2-3-5-18)20-8-10-21(11-9-20)40(36,37)32(15-14-25(33)34)17-19-6-7-19/h8-13,18-19,22H,2-7,14-17H2,1H3,(H,33,34)(H,29,31,35). The minimum absolute atomic E-state index is 0.0640. The number of pyridine rings is 1. The van der Waals surface area contributed by atoms with Gasteiger partial charge in [0, 0.05) is 19.2 Å². The van der Waals surface area contributed by atoms with Gasteiger partial charge in [-0.15, -0.1) is 0 Å². The monoisotopic (exact) mass is 586 g/mol. The molecule has 1 aromatic carbocycles. The average molecular weight is 587 g/mol. The van der Waals surface area contributed by atoms with Gasteiger partial charge in [-0.25, -0.2) is 18.4 Å². The van der Waals surface area contributed by atoms with Gasteiger partial charge >= 0.3 is 5.97 Å². The molecule has 0 saturated heterocycles. The number of carboxylic acids is 1. The molecule has 2 N–H and O–H groups in total. The van der Waals surface area contributed by atoms with Crippen molar-refractivity contribution in [1.29, 1.82) is 0 Å². The summed E-state index contributed by atoms with van der Waals surface area (Å²) in [5.74, 6) is -0.516. The van der Waals surface area contributed by atoms with Crippen LogP contribution < -0.4 is 10.1 Å². The fraction of sp³-hybridized carbons (Fsp3) is 0.500. The first-order chi connectivity index (χ1) is 19.2. The molecule has 1 atom stereocenters.